The molecule has 0 bridgehead atoms. The van der Waals surface area contributed by atoms with E-state index in [-0.39, 0.29) is 12.2 Å². The highest BCUT2D eigenvalue weighted by Gasteiger charge is 1.93. The highest BCUT2D eigenvalue weighted by Crippen LogP contribution is 2.04. The summed E-state index contributed by atoms with van der Waals surface area (Å²) in [5.41, 5.74) is 0. The SMILES string of the molecule is CC(C)O.CCCCCCC(C)O. The van der Waals surface area contributed by atoms with Crippen molar-refractivity contribution in [2.24, 2.45) is 0 Å². The van der Waals surface area contributed by atoms with Gasteiger partial charge in [0.15, 0.2) is 0 Å². The van der Waals surface area contributed by atoms with Gasteiger partial charge in [-0.2, -0.15) is 0 Å². The number of aliphatic hydroxyl groups is 2. The lowest BCUT2D eigenvalue weighted by Crippen LogP contribution is -1.97. The molecule has 2 nitrogen and oxygen atoms in total. The smallest absolute Gasteiger partial charge is 0.0512 e. The third-order valence-electron chi connectivity index (χ3n) is 1.48. The Kier molecular flexibility index (Phi) is 14.1. The van der Waals surface area contributed by atoms with E-state index in [0.29, 0.717) is 0 Å². The molecule has 0 fully saturated rings. The fourth-order valence-electron chi connectivity index (χ4n) is 0.867. The van der Waals surface area contributed by atoms with Crippen molar-refractivity contribution in [3.8, 4) is 0 Å². The third kappa shape index (κ3) is 33.5. The Hall–Kier alpha value is -0.0800. The van der Waals surface area contributed by atoms with Crippen LogP contribution in [0.5, 0.6) is 0 Å². The van der Waals surface area contributed by atoms with E-state index in [9.17, 15) is 0 Å². The van der Waals surface area contributed by atoms with E-state index < -0.39 is 0 Å². The molecule has 0 aliphatic rings. The van der Waals surface area contributed by atoms with Crippen molar-refractivity contribution in [2.45, 2.75) is 72.0 Å². The maximum absolute atomic E-state index is 8.85. The van der Waals surface area contributed by atoms with E-state index in [1.807, 2.05) is 6.92 Å². The number of hydrogen-bond donors (Lipinski definition) is 2. The van der Waals surface area contributed by atoms with Crippen LogP contribution in [0.25, 0.3) is 0 Å². The normalized spacial score (nSPS) is 12.2. The molecule has 0 aromatic carbocycles. The van der Waals surface area contributed by atoms with Crippen LogP contribution in [0.1, 0.15) is 59.8 Å². The van der Waals surface area contributed by atoms with Crippen LogP contribution in [0.4, 0.5) is 0 Å². The zero-order chi connectivity index (χ0) is 10.7. The van der Waals surface area contributed by atoms with Gasteiger partial charge in [0.1, 0.15) is 0 Å². The van der Waals surface area contributed by atoms with Crippen molar-refractivity contribution in [1.29, 1.82) is 0 Å². The standard InChI is InChI=1S/C8H18O.C3H8O/c1-3-4-5-6-7-8(2)9;1-3(2)4/h8-9H,3-7H2,1-2H3;3-4H,1-2H3. The molecule has 0 rings (SSSR count). The fraction of sp³-hybridized carbons (Fsp3) is 1.00. The summed E-state index contributed by atoms with van der Waals surface area (Å²) in [7, 11) is 0. The van der Waals surface area contributed by atoms with Gasteiger partial charge in [-0.05, 0) is 27.2 Å². The highest BCUT2D eigenvalue weighted by molar-refractivity contribution is 4.47. The topological polar surface area (TPSA) is 40.5 Å². The summed E-state index contributed by atoms with van der Waals surface area (Å²) in [6, 6.07) is 0. The Balaban J connectivity index is 0. The minimum atomic E-state index is -0.167. The van der Waals surface area contributed by atoms with Gasteiger partial charge in [-0.1, -0.05) is 32.6 Å². The molecule has 0 aliphatic heterocycles. The van der Waals surface area contributed by atoms with Crippen LogP contribution >= 0.6 is 0 Å². The molecular weight excluding hydrogens is 164 g/mol. The van der Waals surface area contributed by atoms with Gasteiger partial charge in [0.25, 0.3) is 0 Å². The first-order valence-electron chi connectivity index (χ1n) is 5.36. The Morgan fingerprint density at radius 3 is 1.69 bits per heavy atom. The molecule has 0 spiro atoms. The molecule has 0 heterocycles. The van der Waals surface area contributed by atoms with Crippen molar-refractivity contribution >= 4 is 0 Å². The van der Waals surface area contributed by atoms with Gasteiger partial charge in [-0.3, -0.25) is 0 Å². The number of aliphatic hydroxyl groups excluding tert-OH is 2. The summed E-state index contributed by atoms with van der Waals surface area (Å²) in [6.07, 6.45) is 5.77. The maximum Gasteiger partial charge on any atom is 0.0512 e. The largest absolute Gasteiger partial charge is 0.394 e. The fourth-order valence-corrected chi connectivity index (χ4v) is 0.867. The van der Waals surface area contributed by atoms with E-state index in [1.54, 1.807) is 13.8 Å². The molecule has 0 amide bonds. The number of hydrogen-bond acceptors (Lipinski definition) is 2. The summed E-state index contributed by atoms with van der Waals surface area (Å²) in [5.74, 6) is 0. The van der Waals surface area contributed by atoms with Crippen molar-refractivity contribution in [3.05, 3.63) is 0 Å². The molecule has 2 N–H and O–H groups in total. The molecule has 0 aliphatic carbocycles. The van der Waals surface area contributed by atoms with Crippen LogP contribution < -0.4 is 0 Å². The van der Waals surface area contributed by atoms with Crippen molar-refractivity contribution in [3.63, 3.8) is 0 Å². The second kappa shape index (κ2) is 11.9. The minimum Gasteiger partial charge on any atom is -0.394 e. The van der Waals surface area contributed by atoms with E-state index >= 15 is 0 Å². The van der Waals surface area contributed by atoms with Gasteiger partial charge in [0.05, 0.1) is 6.10 Å². The molecule has 0 radical (unpaired) electrons. The lowest BCUT2D eigenvalue weighted by molar-refractivity contribution is 0.180. The Morgan fingerprint density at radius 1 is 0.923 bits per heavy atom. The van der Waals surface area contributed by atoms with E-state index in [4.69, 9.17) is 10.2 Å². The van der Waals surface area contributed by atoms with Gasteiger partial charge in [0.2, 0.25) is 0 Å². The summed E-state index contributed by atoms with van der Waals surface area (Å²) in [6.45, 7) is 7.49. The second-order valence-electron chi connectivity index (χ2n) is 3.79. The lowest BCUT2D eigenvalue weighted by Gasteiger charge is -2.01. The van der Waals surface area contributed by atoms with E-state index in [1.165, 1.54) is 25.7 Å². The predicted molar refractivity (Wildman–Crippen MR) is 57.8 cm³/mol. The Bertz CT molecular complexity index is 77.4. The van der Waals surface area contributed by atoms with Crippen molar-refractivity contribution in [2.75, 3.05) is 0 Å². The van der Waals surface area contributed by atoms with Crippen molar-refractivity contribution < 1.29 is 10.2 Å². The molecule has 0 saturated heterocycles. The third-order valence-corrected chi connectivity index (χ3v) is 1.48. The van der Waals surface area contributed by atoms with Crippen LogP contribution in [-0.2, 0) is 0 Å². The summed E-state index contributed by atoms with van der Waals surface area (Å²) in [5, 5.41) is 16.9. The van der Waals surface area contributed by atoms with E-state index in [2.05, 4.69) is 6.92 Å². The van der Waals surface area contributed by atoms with Crippen LogP contribution in [0, 0.1) is 0 Å². The Morgan fingerprint density at radius 2 is 1.38 bits per heavy atom. The van der Waals surface area contributed by atoms with Crippen LogP contribution in [-0.4, -0.2) is 22.4 Å². The second-order valence-corrected chi connectivity index (χ2v) is 3.79. The molecule has 0 aromatic heterocycles. The minimum absolute atomic E-state index is 0.0955. The van der Waals surface area contributed by atoms with Gasteiger partial charge in [-0.15, -0.1) is 0 Å². The summed E-state index contributed by atoms with van der Waals surface area (Å²) in [4.78, 5) is 0. The van der Waals surface area contributed by atoms with Crippen LogP contribution in [0.3, 0.4) is 0 Å². The summed E-state index contributed by atoms with van der Waals surface area (Å²) < 4.78 is 0. The monoisotopic (exact) mass is 190 g/mol. The molecule has 0 aromatic rings. The highest BCUT2D eigenvalue weighted by atomic mass is 16.3. The maximum atomic E-state index is 8.85. The molecule has 2 heteroatoms. The zero-order valence-electron chi connectivity index (χ0n) is 9.58. The first kappa shape index (κ1) is 15.4. The van der Waals surface area contributed by atoms with Crippen LogP contribution in [0.2, 0.25) is 0 Å². The van der Waals surface area contributed by atoms with Gasteiger partial charge in [-0.25, -0.2) is 0 Å². The van der Waals surface area contributed by atoms with Gasteiger partial charge >= 0.3 is 0 Å². The predicted octanol–water partition coefficient (Wildman–Crippen LogP) is 2.72. The lowest BCUT2D eigenvalue weighted by atomic mass is 10.1. The molecule has 82 valence electrons. The zero-order valence-corrected chi connectivity index (χ0v) is 9.58. The van der Waals surface area contributed by atoms with Gasteiger partial charge < -0.3 is 10.2 Å². The molecule has 1 unspecified atom stereocenters. The number of rotatable bonds is 5. The first-order chi connectivity index (χ1) is 6.00. The van der Waals surface area contributed by atoms with Crippen molar-refractivity contribution in [1.82, 2.24) is 0 Å². The van der Waals surface area contributed by atoms with Crippen LogP contribution in [0.15, 0.2) is 0 Å². The molecule has 1 atom stereocenters. The quantitative estimate of drug-likeness (QED) is 0.654. The van der Waals surface area contributed by atoms with Gasteiger partial charge in [0, 0.05) is 6.10 Å². The Labute approximate surface area is 83.0 Å². The summed E-state index contributed by atoms with van der Waals surface area (Å²) >= 11 is 0. The first-order valence-corrected chi connectivity index (χ1v) is 5.36. The molecular formula is C11H26O2. The molecule has 0 saturated carbocycles. The molecule has 13 heavy (non-hydrogen) atoms. The average molecular weight is 190 g/mol. The number of unbranched alkanes of at least 4 members (excludes halogenated alkanes) is 3. The van der Waals surface area contributed by atoms with E-state index in [0.717, 1.165) is 6.42 Å². The average Bonchev–Trinajstić information content (AvgIpc) is 1.97.